The summed E-state index contributed by atoms with van der Waals surface area (Å²) in [5, 5.41) is 12.9. The molecule has 2 rings (SSSR count). The van der Waals surface area contributed by atoms with E-state index in [4.69, 9.17) is 5.73 Å². The molecule has 0 fully saturated rings. The van der Waals surface area contributed by atoms with Gasteiger partial charge >= 0.3 is 0 Å². The third kappa shape index (κ3) is 3.04. The number of amides is 1. The van der Waals surface area contributed by atoms with E-state index in [1.807, 2.05) is 31.2 Å². The second-order valence-corrected chi connectivity index (χ2v) is 4.41. The Balaban J connectivity index is 2.32. The van der Waals surface area contributed by atoms with E-state index in [1.54, 1.807) is 18.2 Å². The molecule has 0 saturated carbocycles. The van der Waals surface area contributed by atoms with Crippen molar-refractivity contribution in [3.05, 3.63) is 59.7 Å². The van der Waals surface area contributed by atoms with E-state index >= 15 is 0 Å². The molecule has 0 aliphatic carbocycles. The van der Waals surface area contributed by atoms with E-state index < -0.39 is 11.9 Å². The average molecular weight is 256 g/mol. The molecular formula is C15H16N2O2. The van der Waals surface area contributed by atoms with E-state index in [1.165, 1.54) is 6.07 Å². The predicted octanol–water partition coefficient (Wildman–Crippen LogP) is 2.34. The van der Waals surface area contributed by atoms with Gasteiger partial charge in [0.1, 0.15) is 11.8 Å². The molecule has 0 saturated heterocycles. The fourth-order valence-electron chi connectivity index (χ4n) is 1.94. The first kappa shape index (κ1) is 13.0. The largest absolute Gasteiger partial charge is 0.508 e. The summed E-state index contributed by atoms with van der Waals surface area (Å²) in [4.78, 5) is 11.6. The molecule has 1 unspecified atom stereocenters. The number of phenols is 1. The molecule has 19 heavy (non-hydrogen) atoms. The van der Waals surface area contributed by atoms with Gasteiger partial charge in [0.15, 0.2) is 0 Å². The van der Waals surface area contributed by atoms with Crippen LogP contribution in [0.1, 0.15) is 17.2 Å². The first-order chi connectivity index (χ1) is 9.08. The third-order valence-electron chi connectivity index (χ3n) is 2.86. The molecule has 1 amide bonds. The molecule has 4 nitrogen and oxygen atoms in total. The van der Waals surface area contributed by atoms with Gasteiger partial charge in [-0.2, -0.15) is 0 Å². The van der Waals surface area contributed by atoms with Crippen LogP contribution in [0.4, 0.5) is 5.69 Å². The highest BCUT2D eigenvalue weighted by molar-refractivity contribution is 5.85. The molecule has 0 heterocycles. The minimum absolute atomic E-state index is 0.0476. The normalized spacial score (nSPS) is 11.8. The van der Waals surface area contributed by atoms with Crippen LogP contribution in [-0.4, -0.2) is 11.0 Å². The van der Waals surface area contributed by atoms with Gasteiger partial charge < -0.3 is 16.2 Å². The van der Waals surface area contributed by atoms with Crippen LogP contribution < -0.4 is 11.1 Å². The van der Waals surface area contributed by atoms with Gasteiger partial charge in [-0.25, -0.2) is 0 Å². The van der Waals surface area contributed by atoms with Crippen molar-refractivity contribution < 1.29 is 9.90 Å². The fourth-order valence-corrected chi connectivity index (χ4v) is 1.94. The number of aryl methyl sites for hydroxylation is 1. The lowest BCUT2D eigenvalue weighted by Gasteiger charge is -2.18. The summed E-state index contributed by atoms with van der Waals surface area (Å²) in [5.41, 5.74) is 7.74. The maximum absolute atomic E-state index is 11.6. The summed E-state index contributed by atoms with van der Waals surface area (Å²) in [7, 11) is 0. The minimum atomic E-state index is -0.761. The molecule has 0 aromatic heterocycles. The van der Waals surface area contributed by atoms with Crippen LogP contribution in [0.2, 0.25) is 0 Å². The second kappa shape index (κ2) is 5.44. The van der Waals surface area contributed by atoms with Gasteiger partial charge in [-0.1, -0.05) is 30.3 Å². The summed E-state index contributed by atoms with van der Waals surface area (Å²) in [5.74, 6) is -0.491. The fraction of sp³-hybridized carbons (Fsp3) is 0.133. The average Bonchev–Trinajstić information content (AvgIpc) is 2.37. The lowest BCUT2D eigenvalue weighted by atomic mass is 10.0. The van der Waals surface area contributed by atoms with Gasteiger partial charge in [-0.3, -0.25) is 4.79 Å². The standard InChI is InChI=1S/C15H16N2O2/c1-10-5-4-6-11(9-10)17-14(15(16)19)12-7-2-3-8-13(12)18/h2-9,14,17-18H,1H3,(H2,16,19). The summed E-state index contributed by atoms with van der Waals surface area (Å²) in [6.07, 6.45) is 0. The number of anilines is 1. The van der Waals surface area contributed by atoms with Gasteiger partial charge in [-0.15, -0.1) is 0 Å². The van der Waals surface area contributed by atoms with Gasteiger partial charge in [-0.05, 0) is 30.7 Å². The SMILES string of the molecule is Cc1cccc(NC(C(N)=O)c2ccccc2O)c1. The van der Waals surface area contributed by atoms with Crippen molar-refractivity contribution in [3.8, 4) is 5.75 Å². The van der Waals surface area contributed by atoms with Gasteiger partial charge in [0, 0.05) is 11.3 Å². The number of nitrogens with one attached hydrogen (secondary N) is 1. The highest BCUT2D eigenvalue weighted by Gasteiger charge is 2.20. The van der Waals surface area contributed by atoms with Gasteiger partial charge in [0.2, 0.25) is 5.91 Å². The predicted molar refractivity (Wildman–Crippen MR) is 74.8 cm³/mol. The Labute approximate surface area is 111 Å². The van der Waals surface area contributed by atoms with Crippen LogP contribution in [-0.2, 0) is 4.79 Å². The van der Waals surface area contributed by atoms with E-state index in [0.29, 0.717) is 5.56 Å². The zero-order valence-electron chi connectivity index (χ0n) is 10.6. The molecule has 2 aromatic carbocycles. The lowest BCUT2D eigenvalue weighted by Crippen LogP contribution is -2.27. The number of rotatable bonds is 4. The monoisotopic (exact) mass is 256 g/mol. The Bertz CT molecular complexity index is 596. The second-order valence-electron chi connectivity index (χ2n) is 4.41. The number of hydrogen-bond acceptors (Lipinski definition) is 3. The molecule has 2 aromatic rings. The number of primary amides is 1. The molecule has 0 spiro atoms. The van der Waals surface area contributed by atoms with Crippen LogP contribution in [0.3, 0.4) is 0 Å². The number of benzene rings is 2. The molecule has 0 aliphatic rings. The maximum atomic E-state index is 11.6. The summed E-state index contributed by atoms with van der Waals surface area (Å²) >= 11 is 0. The number of nitrogens with two attached hydrogens (primary N) is 1. The van der Waals surface area contributed by atoms with E-state index in [0.717, 1.165) is 11.3 Å². The van der Waals surface area contributed by atoms with Crippen LogP contribution >= 0.6 is 0 Å². The number of carbonyl (C=O) groups is 1. The number of carbonyl (C=O) groups excluding carboxylic acids is 1. The third-order valence-corrected chi connectivity index (χ3v) is 2.86. The van der Waals surface area contributed by atoms with Crippen LogP contribution in [0.15, 0.2) is 48.5 Å². The first-order valence-corrected chi connectivity index (χ1v) is 5.98. The summed E-state index contributed by atoms with van der Waals surface area (Å²) < 4.78 is 0. The molecular weight excluding hydrogens is 240 g/mol. The Hall–Kier alpha value is -2.49. The first-order valence-electron chi connectivity index (χ1n) is 5.98. The number of para-hydroxylation sites is 1. The van der Waals surface area contributed by atoms with Crippen molar-refractivity contribution in [3.63, 3.8) is 0 Å². The Morgan fingerprint density at radius 2 is 1.95 bits per heavy atom. The lowest BCUT2D eigenvalue weighted by molar-refractivity contribution is -0.118. The van der Waals surface area contributed by atoms with Crippen LogP contribution in [0.5, 0.6) is 5.75 Å². The molecule has 1 atom stereocenters. The van der Waals surface area contributed by atoms with Gasteiger partial charge in [0.25, 0.3) is 0 Å². The molecule has 0 bridgehead atoms. The van der Waals surface area contributed by atoms with Crippen molar-refractivity contribution >= 4 is 11.6 Å². The van der Waals surface area contributed by atoms with Crippen molar-refractivity contribution in [1.82, 2.24) is 0 Å². The molecule has 98 valence electrons. The Kier molecular flexibility index (Phi) is 3.71. The molecule has 4 heteroatoms. The van der Waals surface area contributed by atoms with Crippen LogP contribution in [0, 0.1) is 6.92 Å². The van der Waals surface area contributed by atoms with Crippen molar-refractivity contribution in [1.29, 1.82) is 0 Å². The van der Waals surface area contributed by atoms with E-state index in [-0.39, 0.29) is 5.75 Å². The molecule has 4 N–H and O–H groups in total. The summed E-state index contributed by atoms with van der Waals surface area (Å²) in [6, 6.07) is 13.5. The highest BCUT2D eigenvalue weighted by atomic mass is 16.3. The van der Waals surface area contributed by atoms with Crippen molar-refractivity contribution in [2.45, 2.75) is 13.0 Å². The number of hydrogen-bond donors (Lipinski definition) is 3. The number of phenolic OH excluding ortho intramolecular Hbond substituents is 1. The van der Waals surface area contributed by atoms with Crippen LogP contribution in [0.25, 0.3) is 0 Å². The zero-order valence-corrected chi connectivity index (χ0v) is 10.6. The topological polar surface area (TPSA) is 75.3 Å². The quantitative estimate of drug-likeness (QED) is 0.786. The Morgan fingerprint density at radius 3 is 2.58 bits per heavy atom. The van der Waals surface area contributed by atoms with Crippen molar-refractivity contribution in [2.75, 3.05) is 5.32 Å². The van der Waals surface area contributed by atoms with E-state index in [9.17, 15) is 9.90 Å². The summed E-state index contributed by atoms with van der Waals surface area (Å²) in [6.45, 7) is 1.96. The van der Waals surface area contributed by atoms with Crippen molar-refractivity contribution in [2.24, 2.45) is 5.73 Å². The molecule has 0 radical (unpaired) electrons. The minimum Gasteiger partial charge on any atom is -0.508 e. The smallest absolute Gasteiger partial charge is 0.244 e. The number of aromatic hydroxyl groups is 1. The Morgan fingerprint density at radius 1 is 1.21 bits per heavy atom. The zero-order chi connectivity index (χ0) is 13.8. The molecule has 0 aliphatic heterocycles. The maximum Gasteiger partial charge on any atom is 0.244 e. The van der Waals surface area contributed by atoms with E-state index in [2.05, 4.69) is 5.32 Å². The van der Waals surface area contributed by atoms with Gasteiger partial charge in [0.05, 0.1) is 0 Å². The highest BCUT2D eigenvalue weighted by Crippen LogP contribution is 2.27.